The molecule has 2 rings (SSSR count). The Morgan fingerprint density at radius 3 is 2.36 bits per heavy atom. The highest BCUT2D eigenvalue weighted by Gasteiger charge is 2.43. The summed E-state index contributed by atoms with van der Waals surface area (Å²) in [5.74, 6) is 0.412. The zero-order valence-electron chi connectivity index (χ0n) is 8.42. The first-order valence-corrected chi connectivity index (χ1v) is 4.98. The molecule has 14 heavy (non-hydrogen) atoms. The van der Waals surface area contributed by atoms with Crippen molar-refractivity contribution in [3.8, 4) is 0 Å². The molecule has 74 valence electrons. The molecule has 1 fully saturated rings. The quantitative estimate of drug-likeness (QED) is 0.563. The van der Waals surface area contributed by atoms with E-state index in [4.69, 9.17) is 10.1 Å². The highest BCUT2D eigenvalue weighted by Crippen LogP contribution is 2.44. The van der Waals surface area contributed by atoms with Crippen LogP contribution in [0.2, 0.25) is 0 Å². The second-order valence-corrected chi connectivity index (χ2v) is 3.83. The van der Waals surface area contributed by atoms with Crippen LogP contribution in [0.25, 0.3) is 0 Å². The number of hydrogen-bond acceptors (Lipinski definition) is 2. The number of benzene rings is 1. The summed E-state index contributed by atoms with van der Waals surface area (Å²) in [6, 6.07) is 10.2. The Morgan fingerprint density at radius 2 is 1.93 bits per heavy atom. The Morgan fingerprint density at radius 1 is 1.29 bits per heavy atom. The lowest BCUT2D eigenvalue weighted by Gasteiger charge is -2.41. The lowest BCUT2D eigenvalue weighted by molar-refractivity contribution is 0.259. The van der Waals surface area contributed by atoms with Gasteiger partial charge in [0.2, 0.25) is 0 Å². The summed E-state index contributed by atoms with van der Waals surface area (Å²) >= 11 is 0. The molecule has 0 heterocycles. The van der Waals surface area contributed by atoms with E-state index >= 15 is 0 Å². The summed E-state index contributed by atoms with van der Waals surface area (Å²) in [4.78, 5) is 0. The molecule has 1 aromatic carbocycles. The largest absolute Gasteiger partial charge is 0.484 e. The first-order chi connectivity index (χ1) is 6.79. The summed E-state index contributed by atoms with van der Waals surface area (Å²) in [5.41, 5.74) is 1.11. The molecule has 0 amide bonds. The van der Waals surface area contributed by atoms with Gasteiger partial charge in [0.1, 0.15) is 0 Å². The third kappa shape index (κ3) is 1.22. The number of ether oxygens (including phenoxy) is 1. The number of rotatable bonds is 2. The molecule has 0 aromatic heterocycles. The molecule has 0 bridgehead atoms. The van der Waals surface area contributed by atoms with Crippen LogP contribution in [0.15, 0.2) is 30.3 Å². The molecule has 1 N–H and O–H groups in total. The summed E-state index contributed by atoms with van der Waals surface area (Å²) in [7, 11) is 1.59. The summed E-state index contributed by atoms with van der Waals surface area (Å²) in [6.45, 7) is 0. The molecular formula is C12H15NO. The predicted molar refractivity (Wildman–Crippen MR) is 56.7 cm³/mol. The van der Waals surface area contributed by atoms with E-state index in [0.717, 1.165) is 12.8 Å². The van der Waals surface area contributed by atoms with Crippen LogP contribution in [-0.2, 0) is 10.2 Å². The summed E-state index contributed by atoms with van der Waals surface area (Å²) < 4.78 is 5.10. The molecule has 0 radical (unpaired) electrons. The minimum Gasteiger partial charge on any atom is -0.484 e. The van der Waals surface area contributed by atoms with Crippen LogP contribution in [-0.4, -0.2) is 13.0 Å². The van der Waals surface area contributed by atoms with E-state index in [1.807, 2.05) is 18.2 Å². The van der Waals surface area contributed by atoms with E-state index in [-0.39, 0.29) is 5.41 Å². The van der Waals surface area contributed by atoms with E-state index in [2.05, 4.69) is 12.1 Å². The third-order valence-corrected chi connectivity index (χ3v) is 3.17. The maximum Gasteiger partial charge on any atom is 0.191 e. The van der Waals surface area contributed by atoms with E-state index in [1.54, 1.807) is 7.11 Å². The van der Waals surface area contributed by atoms with Gasteiger partial charge in [-0.15, -0.1) is 0 Å². The molecule has 0 atom stereocenters. The van der Waals surface area contributed by atoms with Crippen LogP contribution in [0.1, 0.15) is 24.8 Å². The van der Waals surface area contributed by atoms with E-state index in [0.29, 0.717) is 5.90 Å². The molecule has 0 unspecified atom stereocenters. The van der Waals surface area contributed by atoms with Crippen LogP contribution in [0.5, 0.6) is 0 Å². The van der Waals surface area contributed by atoms with E-state index < -0.39 is 0 Å². The Kier molecular flexibility index (Phi) is 2.28. The highest BCUT2D eigenvalue weighted by molar-refractivity contribution is 5.86. The summed E-state index contributed by atoms with van der Waals surface area (Å²) in [6.07, 6.45) is 3.29. The van der Waals surface area contributed by atoms with Gasteiger partial charge in [-0.25, -0.2) is 0 Å². The maximum atomic E-state index is 7.86. The van der Waals surface area contributed by atoms with Crippen molar-refractivity contribution < 1.29 is 4.74 Å². The first kappa shape index (κ1) is 9.25. The minimum absolute atomic E-state index is 0.115. The topological polar surface area (TPSA) is 33.1 Å². The molecule has 0 saturated heterocycles. The second-order valence-electron chi connectivity index (χ2n) is 3.83. The molecule has 0 aliphatic heterocycles. The predicted octanol–water partition coefficient (Wildman–Crippen LogP) is 2.73. The van der Waals surface area contributed by atoms with Crippen LogP contribution in [0.3, 0.4) is 0 Å². The molecule has 1 aliphatic rings. The smallest absolute Gasteiger partial charge is 0.191 e. The van der Waals surface area contributed by atoms with Crippen molar-refractivity contribution in [2.45, 2.75) is 24.7 Å². The van der Waals surface area contributed by atoms with Crippen LogP contribution in [0, 0.1) is 5.41 Å². The van der Waals surface area contributed by atoms with Gasteiger partial charge in [0.15, 0.2) is 5.90 Å². The Bertz CT molecular complexity index is 327. The fourth-order valence-corrected chi connectivity index (χ4v) is 2.13. The zero-order valence-corrected chi connectivity index (χ0v) is 8.42. The highest BCUT2D eigenvalue weighted by atomic mass is 16.5. The van der Waals surface area contributed by atoms with Crippen LogP contribution in [0.4, 0.5) is 0 Å². The first-order valence-electron chi connectivity index (χ1n) is 4.98. The van der Waals surface area contributed by atoms with Gasteiger partial charge in [0.25, 0.3) is 0 Å². The fraction of sp³-hybridized carbons (Fsp3) is 0.417. The average molecular weight is 189 g/mol. The second kappa shape index (κ2) is 3.45. The molecule has 1 saturated carbocycles. The molecule has 2 heteroatoms. The van der Waals surface area contributed by atoms with Crippen molar-refractivity contribution in [1.29, 1.82) is 5.41 Å². The van der Waals surface area contributed by atoms with Gasteiger partial charge < -0.3 is 4.74 Å². The molecular weight excluding hydrogens is 174 g/mol. The maximum absolute atomic E-state index is 7.86. The van der Waals surface area contributed by atoms with Gasteiger partial charge >= 0.3 is 0 Å². The van der Waals surface area contributed by atoms with Crippen molar-refractivity contribution in [2.75, 3.05) is 7.11 Å². The number of nitrogens with one attached hydrogen (secondary N) is 1. The van der Waals surface area contributed by atoms with Crippen LogP contribution < -0.4 is 0 Å². The molecule has 2 nitrogen and oxygen atoms in total. The van der Waals surface area contributed by atoms with Crippen molar-refractivity contribution in [1.82, 2.24) is 0 Å². The monoisotopic (exact) mass is 189 g/mol. The molecule has 0 spiro atoms. The Balaban J connectivity index is 2.34. The van der Waals surface area contributed by atoms with Gasteiger partial charge in [0.05, 0.1) is 12.5 Å². The van der Waals surface area contributed by atoms with Gasteiger partial charge in [-0.1, -0.05) is 36.8 Å². The van der Waals surface area contributed by atoms with E-state index in [9.17, 15) is 0 Å². The van der Waals surface area contributed by atoms with Crippen molar-refractivity contribution in [2.24, 2.45) is 0 Å². The minimum atomic E-state index is -0.115. The van der Waals surface area contributed by atoms with Crippen molar-refractivity contribution >= 4 is 5.90 Å². The number of hydrogen-bond donors (Lipinski definition) is 1. The molecule has 1 aromatic rings. The molecule has 1 aliphatic carbocycles. The van der Waals surface area contributed by atoms with E-state index in [1.165, 1.54) is 12.0 Å². The zero-order chi connectivity index (χ0) is 10.0. The fourth-order valence-electron chi connectivity index (χ4n) is 2.13. The lowest BCUT2D eigenvalue weighted by Crippen LogP contribution is -2.42. The van der Waals surface area contributed by atoms with Gasteiger partial charge in [-0.2, -0.15) is 0 Å². The summed E-state index contributed by atoms with van der Waals surface area (Å²) in [5, 5.41) is 7.86. The lowest BCUT2D eigenvalue weighted by atomic mass is 9.64. The average Bonchev–Trinajstić information content (AvgIpc) is 2.17. The Hall–Kier alpha value is -1.31. The number of methoxy groups -OCH3 is 1. The normalized spacial score (nSPS) is 18.4. The SMILES string of the molecule is COC(=N)C1(c2ccccc2)CCC1. The van der Waals surface area contributed by atoms with Gasteiger partial charge in [-0.05, 0) is 18.4 Å². The van der Waals surface area contributed by atoms with Crippen molar-refractivity contribution in [3.05, 3.63) is 35.9 Å². The third-order valence-electron chi connectivity index (χ3n) is 3.17. The van der Waals surface area contributed by atoms with Gasteiger partial charge in [0, 0.05) is 0 Å². The van der Waals surface area contributed by atoms with Gasteiger partial charge in [-0.3, -0.25) is 5.41 Å². The van der Waals surface area contributed by atoms with Crippen molar-refractivity contribution in [3.63, 3.8) is 0 Å². The standard InChI is InChI=1S/C12H15NO/c1-14-11(13)12(8-5-9-12)10-6-3-2-4-7-10/h2-4,6-7,13H,5,8-9H2,1H3. The van der Waals surface area contributed by atoms with Crippen LogP contribution >= 0.6 is 0 Å². The Labute approximate surface area is 84.4 Å².